The van der Waals surface area contributed by atoms with Crippen LogP contribution in [-0.2, 0) is 0 Å². The Bertz CT molecular complexity index is 679. The smallest absolute Gasteiger partial charge is 0.162 e. The molecule has 0 bridgehead atoms. The Hall–Kier alpha value is -0.980. The van der Waals surface area contributed by atoms with Crippen molar-refractivity contribution in [1.29, 1.82) is 0 Å². The van der Waals surface area contributed by atoms with Gasteiger partial charge in [0.2, 0.25) is 0 Å². The number of fused-ring (bicyclic) bond motifs is 1. The lowest BCUT2D eigenvalue weighted by Gasteiger charge is -2.40. The van der Waals surface area contributed by atoms with Gasteiger partial charge in [0.15, 0.2) is 6.17 Å². The van der Waals surface area contributed by atoms with E-state index < -0.39 is 0 Å². The minimum atomic E-state index is 0.0493. The first-order valence-corrected chi connectivity index (χ1v) is 12.5. The average Bonchev–Trinajstić information content (AvgIpc) is 3.02. The molecule has 5 N–H and O–H groups in total. The van der Waals surface area contributed by atoms with Crippen molar-refractivity contribution in [3.05, 3.63) is 35.5 Å². The van der Waals surface area contributed by atoms with Crippen molar-refractivity contribution in [2.24, 2.45) is 17.1 Å². The van der Waals surface area contributed by atoms with Crippen LogP contribution in [-0.4, -0.2) is 50.2 Å². The van der Waals surface area contributed by atoms with Crippen LogP contribution < -0.4 is 21.3 Å². The number of nitrogens with zero attached hydrogens (tertiary/aromatic N) is 1. The minimum absolute atomic E-state index is 0.0493. The molecule has 0 radical (unpaired) electrons. The minimum Gasteiger partial charge on any atom is -0.314 e. The molecule has 2 aliphatic heterocycles. The summed E-state index contributed by atoms with van der Waals surface area (Å²) in [5.41, 5.74) is 11.3. The maximum Gasteiger partial charge on any atom is 0.162 e. The molecule has 0 aromatic rings. The summed E-state index contributed by atoms with van der Waals surface area (Å²) in [6.45, 7) is 16.7. The second-order valence-corrected chi connectivity index (χ2v) is 11.1. The van der Waals surface area contributed by atoms with E-state index in [1.54, 1.807) is 5.57 Å². The van der Waals surface area contributed by atoms with E-state index in [0.29, 0.717) is 23.5 Å². The molecular formula is C26H48N5+. The summed E-state index contributed by atoms with van der Waals surface area (Å²) in [6.07, 6.45) is 14.0. The molecule has 1 saturated carbocycles. The first-order chi connectivity index (χ1) is 14.7. The summed E-state index contributed by atoms with van der Waals surface area (Å²) in [6, 6.07) is 0.360. The van der Waals surface area contributed by atoms with Crippen molar-refractivity contribution < 1.29 is 4.90 Å². The molecule has 3 rings (SSSR count). The summed E-state index contributed by atoms with van der Waals surface area (Å²) in [7, 11) is 2.26. The van der Waals surface area contributed by atoms with Crippen LogP contribution in [0, 0.1) is 11.3 Å². The Labute approximate surface area is 191 Å². The van der Waals surface area contributed by atoms with Crippen LogP contribution in [0.15, 0.2) is 35.5 Å². The van der Waals surface area contributed by atoms with Gasteiger partial charge in [-0.1, -0.05) is 49.3 Å². The van der Waals surface area contributed by atoms with Gasteiger partial charge in [-0.25, -0.2) is 4.90 Å². The van der Waals surface area contributed by atoms with Gasteiger partial charge in [0.05, 0.1) is 19.9 Å². The Balaban J connectivity index is 1.42. The number of quaternary nitrogens is 1. The molecule has 0 spiro atoms. The van der Waals surface area contributed by atoms with Crippen molar-refractivity contribution in [2.75, 3.05) is 26.9 Å². The van der Waals surface area contributed by atoms with Crippen LogP contribution >= 0.6 is 0 Å². The van der Waals surface area contributed by atoms with Crippen LogP contribution in [0.5, 0.6) is 0 Å². The largest absolute Gasteiger partial charge is 0.314 e. The normalized spacial score (nSPS) is 34.8. The van der Waals surface area contributed by atoms with Crippen molar-refractivity contribution in [3.8, 4) is 0 Å². The molecule has 5 heteroatoms. The van der Waals surface area contributed by atoms with Crippen LogP contribution in [0.2, 0.25) is 0 Å². The fourth-order valence-corrected chi connectivity index (χ4v) is 6.01. The maximum atomic E-state index is 6.36. The zero-order valence-electron chi connectivity index (χ0n) is 20.8. The number of likely N-dealkylation sites (N-methyl/N-ethyl adjacent to an activating group) is 1. The molecule has 3 fully saturated rings. The highest BCUT2D eigenvalue weighted by Crippen LogP contribution is 2.45. The van der Waals surface area contributed by atoms with Crippen molar-refractivity contribution in [3.63, 3.8) is 0 Å². The van der Waals surface area contributed by atoms with E-state index in [0.717, 1.165) is 32.7 Å². The van der Waals surface area contributed by atoms with E-state index in [1.165, 1.54) is 48.2 Å². The summed E-state index contributed by atoms with van der Waals surface area (Å²) >= 11 is 0. The average molecular weight is 431 g/mol. The Kier molecular flexibility index (Phi) is 8.56. The van der Waals surface area contributed by atoms with Gasteiger partial charge >= 0.3 is 0 Å². The molecule has 3 aliphatic rings. The third-order valence-electron chi connectivity index (χ3n) is 8.06. The van der Waals surface area contributed by atoms with E-state index in [4.69, 9.17) is 5.73 Å². The van der Waals surface area contributed by atoms with Crippen LogP contribution in [0.25, 0.3) is 0 Å². The molecule has 4 unspecified atom stereocenters. The first kappa shape index (κ1) is 24.7. The number of nitrogens with two attached hydrogens (primary N) is 1. The Morgan fingerprint density at radius 1 is 1.23 bits per heavy atom. The summed E-state index contributed by atoms with van der Waals surface area (Å²) < 4.78 is 0. The molecule has 5 nitrogen and oxygen atoms in total. The molecule has 2 heterocycles. The van der Waals surface area contributed by atoms with Gasteiger partial charge < -0.3 is 10.6 Å². The predicted molar refractivity (Wildman–Crippen MR) is 131 cm³/mol. The van der Waals surface area contributed by atoms with Gasteiger partial charge in [-0.15, -0.1) is 0 Å². The number of allylic oxidation sites excluding steroid dienone is 4. The van der Waals surface area contributed by atoms with Crippen molar-refractivity contribution >= 4 is 0 Å². The lowest BCUT2D eigenvalue weighted by Crippen LogP contribution is -3.14. The van der Waals surface area contributed by atoms with Gasteiger partial charge in [0, 0.05) is 6.54 Å². The van der Waals surface area contributed by atoms with E-state index in [9.17, 15) is 0 Å². The summed E-state index contributed by atoms with van der Waals surface area (Å²) in [5.74, 6) is 0.686. The second-order valence-electron chi connectivity index (χ2n) is 11.1. The maximum absolute atomic E-state index is 6.36. The quantitative estimate of drug-likeness (QED) is 0.447. The fourth-order valence-electron chi connectivity index (χ4n) is 6.01. The third-order valence-corrected chi connectivity index (χ3v) is 8.06. The summed E-state index contributed by atoms with van der Waals surface area (Å²) in [5, 5.41) is 6.92. The molecule has 31 heavy (non-hydrogen) atoms. The van der Waals surface area contributed by atoms with E-state index >= 15 is 0 Å². The van der Waals surface area contributed by atoms with Crippen LogP contribution in [0.1, 0.15) is 72.6 Å². The highest BCUT2D eigenvalue weighted by Gasteiger charge is 2.46. The molecule has 0 aromatic heterocycles. The molecule has 0 amide bonds. The Morgan fingerprint density at radius 3 is 2.71 bits per heavy atom. The summed E-state index contributed by atoms with van der Waals surface area (Å²) in [4.78, 5) is 4.03. The van der Waals surface area contributed by atoms with Gasteiger partial charge in [-0.05, 0) is 70.1 Å². The standard InChI is InChI=1S/C26H47N5/c1-19(12-13-22-21(3)11-8-15-26(22,4)5)9-7-10-20(2)14-16-31-18-30(6)25-23(31)24(27)28-17-29-25/h9,14,22-25,28-29H,3,7-8,10-13,15-18,27H2,1-2,4-6H3/p+1/t22-,23?,24?,25?/m0/s1. The van der Waals surface area contributed by atoms with Gasteiger partial charge in [-0.2, -0.15) is 0 Å². The van der Waals surface area contributed by atoms with Crippen LogP contribution in [0.3, 0.4) is 0 Å². The fraction of sp³-hybridized carbons (Fsp3) is 0.769. The van der Waals surface area contributed by atoms with Crippen molar-refractivity contribution in [1.82, 2.24) is 15.5 Å². The molecule has 5 atom stereocenters. The van der Waals surface area contributed by atoms with Crippen molar-refractivity contribution in [2.45, 2.75) is 91.0 Å². The second kappa shape index (κ2) is 10.8. The third kappa shape index (κ3) is 6.29. The number of hydrogen-bond donors (Lipinski definition) is 4. The molecule has 0 aromatic carbocycles. The number of nitrogens with one attached hydrogen (secondary N) is 3. The van der Waals surface area contributed by atoms with Crippen LogP contribution in [0.4, 0.5) is 0 Å². The monoisotopic (exact) mass is 430 g/mol. The lowest BCUT2D eigenvalue weighted by molar-refractivity contribution is -0.900. The molecule has 1 aliphatic carbocycles. The van der Waals surface area contributed by atoms with E-state index in [2.05, 4.69) is 69.0 Å². The predicted octanol–water partition coefficient (Wildman–Crippen LogP) is 2.74. The topological polar surface area (TPSA) is 57.8 Å². The highest BCUT2D eigenvalue weighted by molar-refractivity contribution is 5.11. The number of rotatable bonds is 8. The zero-order valence-corrected chi connectivity index (χ0v) is 20.8. The molecule has 2 saturated heterocycles. The zero-order chi connectivity index (χ0) is 22.6. The van der Waals surface area contributed by atoms with E-state index in [1.807, 2.05) is 0 Å². The highest BCUT2D eigenvalue weighted by atomic mass is 15.5. The van der Waals surface area contributed by atoms with Gasteiger partial charge in [-0.3, -0.25) is 10.6 Å². The lowest BCUT2D eigenvalue weighted by atomic mass is 9.65. The SMILES string of the molecule is C=C1CCCC(C)(C)[C@H]1CCC(C)=CCCC(C)=CCN1C[NH+](C)C2NCNC(N)C21. The van der Waals surface area contributed by atoms with E-state index in [-0.39, 0.29) is 6.17 Å². The first-order valence-electron chi connectivity index (χ1n) is 12.5. The number of hydrogen-bond acceptors (Lipinski definition) is 4. The van der Waals surface area contributed by atoms with Gasteiger partial charge in [0.25, 0.3) is 0 Å². The van der Waals surface area contributed by atoms with Gasteiger partial charge in [0.1, 0.15) is 12.7 Å². The molecule has 176 valence electrons. The molecular weight excluding hydrogens is 382 g/mol. The Morgan fingerprint density at radius 2 is 1.97 bits per heavy atom.